The van der Waals surface area contributed by atoms with Crippen LogP contribution in [-0.4, -0.2) is 105 Å². The molecule has 0 atom stereocenters. The predicted molar refractivity (Wildman–Crippen MR) is 144 cm³/mol. The summed E-state index contributed by atoms with van der Waals surface area (Å²) < 4.78 is 21.0. The van der Waals surface area contributed by atoms with Crippen molar-refractivity contribution < 1.29 is 13.7 Å². The van der Waals surface area contributed by atoms with Crippen LogP contribution < -0.4 is 0 Å². The number of pyridine rings is 1. The van der Waals surface area contributed by atoms with Crippen molar-refractivity contribution in [3.8, 4) is 16.9 Å². The Bertz CT molecular complexity index is 1360. The van der Waals surface area contributed by atoms with Crippen LogP contribution in [0.5, 0.6) is 0 Å². The molecule has 0 unspecified atom stereocenters. The van der Waals surface area contributed by atoms with E-state index in [2.05, 4.69) is 16.8 Å². The summed E-state index contributed by atoms with van der Waals surface area (Å²) in [5.74, 6) is 0.192. The van der Waals surface area contributed by atoms with Crippen LogP contribution in [0.1, 0.15) is 21.7 Å². The monoisotopic (exact) mass is 522 g/mol. The Hall–Kier alpha value is -2.92. The predicted octanol–water partition coefficient (Wildman–Crippen LogP) is 1.67. The van der Waals surface area contributed by atoms with Crippen LogP contribution in [0, 0.1) is 0 Å². The Labute approximate surface area is 218 Å². The minimum atomic E-state index is -2.70. The van der Waals surface area contributed by atoms with Crippen molar-refractivity contribution in [2.24, 2.45) is 0 Å². The van der Waals surface area contributed by atoms with Gasteiger partial charge in [-0.2, -0.15) is 5.10 Å². The first-order valence-electron chi connectivity index (χ1n) is 12.9. The van der Waals surface area contributed by atoms with Gasteiger partial charge in [0.15, 0.2) is 5.69 Å². The maximum absolute atomic E-state index is 13.8. The molecule has 1 aromatic carbocycles. The Kier molecular flexibility index (Phi) is 6.44. The molecule has 0 spiro atoms. The van der Waals surface area contributed by atoms with Gasteiger partial charge in [-0.15, -0.1) is 0 Å². The van der Waals surface area contributed by atoms with Gasteiger partial charge in [-0.05, 0) is 31.5 Å². The van der Waals surface area contributed by atoms with Gasteiger partial charge in [0.2, 0.25) is 0 Å². The number of likely N-dealkylation sites (N-methyl/N-ethyl adjacent to an activating group) is 1. The normalized spacial score (nSPS) is 20.8. The zero-order chi connectivity index (χ0) is 25.6. The molecule has 3 aliphatic heterocycles. The van der Waals surface area contributed by atoms with Crippen molar-refractivity contribution in [3.05, 3.63) is 59.5 Å². The molecular weight excluding hydrogens is 488 g/mol. The largest absolute Gasteiger partial charge is 0.378 e. The molecule has 0 radical (unpaired) electrons. The first-order chi connectivity index (χ1) is 17.9. The lowest BCUT2D eigenvalue weighted by Crippen LogP contribution is -2.44. The third kappa shape index (κ3) is 4.63. The second-order valence-corrected chi connectivity index (χ2v) is 13.4. The zero-order valence-corrected chi connectivity index (χ0v) is 22.4. The van der Waals surface area contributed by atoms with Crippen molar-refractivity contribution in [1.82, 2.24) is 29.5 Å². The Morgan fingerprint density at radius 3 is 2.51 bits per heavy atom. The number of ether oxygens (including phenoxy) is 1. The standard InChI is InChI=1S/C27H34N6O3S/c1-30-9-11-31(12-10-30)18-20-7-8-21(17-28-20)33-26-22-5-3-4-6-24(22)37(2,35)19-23(26)25(29-33)27(34)32-13-15-36-16-14-32/h3-8,17,37H,9-16,18-19H2,1-2H3. The van der Waals surface area contributed by atoms with Gasteiger partial charge in [0.05, 0.1) is 36.5 Å². The Balaban J connectivity index is 1.39. The quantitative estimate of drug-likeness (QED) is 0.522. The molecule has 2 aromatic heterocycles. The highest BCUT2D eigenvalue weighted by molar-refractivity contribution is 8.01. The second-order valence-electron chi connectivity index (χ2n) is 10.4. The lowest BCUT2D eigenvalue weighted by molar-refractivity contribution is 0.0298. The summed E-state index contributed by atoms with van der Waals surface area (Å²) in [5, 5.41) is 4.86. The summed E-state index contributed by atoms with van der Waals surface area (Å²) in [4.78, 5) is 25.8. The summed E-state index contributed by atoms with van der Waals surface area (Å²) in [6.07, 6.45) is 3.65. The SMILES string of the molecule is CN1CCN(Cc2ccc(-n3nc(C(=O)N4CCOCC4)c4c3-c3ccccc3[SH](C)(=O)C4)cn2)CC1. The highest BCUT2D eigenvalue weighted by Gasteiger charge is 2.36. The van der Waals surface area contributed by atoms with Crippen LogP contribution in [0.15, 0.2) is 47.5 Å². The zero-order valence-electron chi connectivity index (χ0n) is 21.5. The van der Waals surface area contributed by atoms with Crippen LogP contribution in [0.2, 0.25) is 0 Å². The van der Waals surface area contributed by atoms with Gasteiger partial charge in [0.1, 0.15) is 0 Å². The fourth-order valence-corrected chi connectivity index (χ4v) is 7.66. The lowest BCUT2D eigenvalue weighted by atomic mass is 10.0. The van der Waals surface area contributed by atoms with E-state index in [-0.39, 0.29) is 5.91 Å². The van der Waals surface area contributed by atoms with Gasteiger partial charge in [0.25, 0.3) is 5.91 Å². The number of benzene rings is 1. The molecule has 2 saturated heterocycles. The van der Waals surface area contributed by atoms with Crippen molar-refractivity contribution >= 4 is 15.8 Å². The molecule has 3 aliphatic rings. The van der Waals surface area contributed by atoms with Crippen LogP contribution in [-0.2, 0) is 27.0 Å². The van der Waals surface area contributed by atoms with E-state index in [1.165, 1.54) is 0 Å². The molecule has 0 saturated carbocycles. The molecule has 9 nitrogen and oxygen atoms in total. The molecule has 37 heavy (non-hydrogen) atoms. The smallest absolute Gasteiger partial charge is 0.274 e. The number of amides is 1. The number of hydrogen-bond acceptors (Lipinski definition) is 7. The number of fused-ring (bicyclic) bond motifs is 3. The topological polar surface area (TPSA) is 83.8 Å². The van der Waals surface area contributed by atoms with E-state index >= 15 is 0 Å². The number of nitrogens with zero attached hydrogens (tertiary/aromatic N) is 6. The number of thiol groups is 1. The van der Waals surface area contributed by atoms with Crippen LogP contribution in [0.4, 0.5) is 0 Å². The third-order valence-corrected chi connectivity index (χ3v) is 9.98. The highest BCUT2D eigenvalue weighted by atomic mass is 32.2. The number of hydrogen-bond donors (Lipinski definition) is 1. The van der Waals surface area contributed by atoms with E-state index < -0.39 is 9.93 Å². The van der Waals surface area contributed by atoms with Crippen molar-refractivity contribution in [1.29, 1.82) is 0 Å². The summed E-state index contributed by atoms with van der Waals surface area (Å²) in [6, 6.07) is 11.9. The highest BCUT2D eigenvalue weighted by Crippen LogP contribution is 2.42. The average molecular weight is 523 g/mol. The molecule has 5 heterocycles. The van der Waals surface area contributed by atoms with Crippen molar-refractivity contribution in [2.75, 3.05) is 65.8 Å². The number of piperazine rings is 1. The van der Waals surface area contributed by atoms with Crippen LogP contribution in [0.3, 0.4) is 0 Å². The van der Waals surface area contributed by atoms with Crippen molar-refractivity contribution in [3.63, 3.8) is 0 Å². The molecule has 0 bridgehead atoms. The maximum atomic E-state index is 13.8. The number of rotatable bonds is 4. The molecule has 0 N–H and O–H groups in total. The van der Waals surface area contributed by atoms with Crippen molar-refractivity contribution in [2.45, 2.75) is 17.2 Å². The fraction of sp³-hybridized carbons (Fsp3) is 0.444. The average Bonchev–Trinajstić information content (AvgIpc) is 3.29. The summed E-state index contributed by atoms with van der Waals surface area (Å²) in [5.41, 5.74) is 4.68. The fourth-order valence-electron chi connectivity index (χ4n) is 5.50. The minimum Gasteiger partial charge on any atom is -0.378 e. The Morgan fingerprint density at radius 2 is 1.78 bits per heavy atom. The third-order valence-electron chi connectivity index (χ3n) is 7.65. The molecule has 3 aromatic rings. The minimum absolute atomic E-state index is 0.127. The van der Waals surface area contributed by atoms with Crippen LogP contribution in [0.25, 0.3) is 16.9 Å². The number of carbonyl (C=O) groups excluding carboxylic acids is 1. The first-order valence-corrected chi connectivity index (χ1v) is 15.3. The lowest BCUT2D eigenvalue weighted by Gasteiger charge is -2.32. The number of morpholine rings is 1. The van der Waals surface area contributed by atoms with E-state index in [9.17, 15) is 9.00 Å². The van der Waals surface area contributed by atoms with Gasteiger partial charge in [-0.25, -0.2) is 4.68 Å². The van der Waals surface area contributed by atoms with Gasteiger partial charge >= 0.3 is 0 Å². The number of aromatic nitrogens is 3. The number of carbonyl (C=O) groups is 1. The molecule has 10 heteroatoms. The van der Waals surface area contributed by atoms with E-state index in [4.69, 9.17) is 14.8 Å². The molecule has 196 valence electrons. The van der Waals surface area contributed by atoms with Gasteiger partial charge < -0.3 is 14.5 Å². The molecular formula is C27H34N6O3S. The summed E-state index contributed by atoms with van der Waals surface area (Å²) in [7, 11) is -0.545. The molecule has 2 fully saturated rings. The molecule has 0 aliphatic carbocycles. The van der Waals surface area contributed by atoms with E-state index in [0.717, 1.165) is 65.8 Å². The Morgan fingerprint density at radius 1 is 1.03 bits per heavy atom. The summed E-state index contributed by atoms with van der Waals surface area (Å²) >= 11 is 0. The van der Waals surface area contributed by atoms with Gasteiger partial charge in [0, 0.05) is 67.6 Å². The first kappa shape index (κ1) is 24.4. The van der Waals surface area contributed by atoms with Gasteiger partial charge in [-0.1, -0.05) is 28.1 Å². The van der Waals surface area contributed by atoms with E-state index in [1.54, 1.807) is 4.90 Å². The second kappa shape index (κ2) is 9.75. The van der Waals surface area contributed by atoms with E-state index in [0.29, 0.717) is 37.8 Å². The maximum Gasteiger partial charge on any atom is 0.274 e. The molecule has 6 rings (SSSR count). The summed E-state index contributed by atoms with van der Waals surface area (Å²) in [6.45, 7) is 7.11. The van der Waals surface area contributed by atoms with E-state index in [1.807, 2.05) is 53.5 Å². The van der Waals surface area contributed by atoms with Crippen LogP contribution >= 0.6 is 0 Å². The van der Waals surface area contributed by atoms with Gasteiger partial charge in [-0.3, -0.25) is 18.9 Å². The molecule has 1 amide bonds.